The predicted molar refractivity (Wildman–Crippen MR) is 73.5 cm³/mol. The minimum atomic E-state index is -0.302. The third kappa shape index (κ3) is 2.54. The van der Waals surface area contributed by atoms with Gasteiger partial charge < -0.3 is 4.90 Å². The minimum absolute atomic E-state index is 0.00181. The van der Waals surface area contributed by atoms with Gasteiger partial charge in [0.05, 0.1) is 6.42 Å². The van der Waals surface area contributed by atoms with Crippen LogP contribution in [0.25, 0.3) is 0 Å². The second-order valence-corrected chi connectivity index (χ2v) is 5.70. The second kappa shape index (κ2) is 5.13. The fourth-order valence-electron chi connectivity index (χ4n) is 2.38. The standard InChI is InChI=1S/C15H14FNOS/c16-13-4-2-1-3-11(13)9-15(18)17-7-5-14-12(10-17)6-8-19-14/h1-4,6,8H,5,7,9-10H2. The van der Waals surface area contributed by atoms with Crippen molar-refractivity contribution in [3.63, 3.8) is 0 Å². The predicted octanol–water partition coefficient (Wildman–Crippen LogP) is 3.01. The highest BCUT2D eigenvalue weighted by molar-refractivity contribution is 7.10. The number of amides is 1. The molecule has 0 unspecified atom stereocenters. The molecule has 0 saturated heterocycles. The van der Waals surface area contributed by atoms with Gasteiger partial charge in [-0.2, -0.15) is 0 Å². The molecule has 1 aromatic carbocycles. The first-order valence-electron chi connectivity index (χ1n) is 6.30. The quantitative estimate of drug-likeness (QED) is 0.825. The summed E-state index contributed by atoms with van der Waals surface area (Å²) in [4.78, 5) is 15.4. The number of fused-ring (bicyclic) bond motifs is 1. The first-order valence-corrected chi connectivity index (χ1v) is 7.18. The van der Waals surface area contributed by atoms with Crippen LogP contribution in [0.2, 0.25) is 0 Å². The molecule has 3 rings (SSSR count). The van der Waals surface area contributed by atoms with Gasteiger partial charge in [-0.25, -0.2) is 4.39 Å². The normalized spacial score (nSPS) is 14.3. The van der Waals surface area contributed by atoms with Gasteiger partial charge in [0.15, 0.2) is 0 Å². The highest BCUT2D eigenvalue weighted by Crippen LogP contribution is 2.24. The summed E-state index contributed by atoms with van der Waals surface area (Å²) >= 11 is 1.75. The van der Waals surface area contributed by atoms with Gasteiger partial charge >= 0.3 is 0 Å². The van der Waals surface area contributed by atoms with Gasteiger partial charge in [-0.1, -0.05) is 18.2 Å². The van der Waals surface area contributed by atoms with Crippen molar-refractivity contribution in [1.29, 1.82) is 0 Å². The molecule has 0 radical (unpaired) electrons. The summed E-state index contributed by atoms with van der Waals surface area (Å²) in [6, 6.07) is 8.55. The second-order valence-electron chi connectivity index (χ2n) is 4.70. The smallest absolute Gasteiger partial charge is 0.227 e. The fourth-order valence-corrected chi connectivity index (χ4v) is 3.27. The average Bonchev–Trinajstić information content (AvgIpc) is 2.88. The largest absolute Gasteiger partial charge is 0.338 e. The molecule has 4 heteroatoms. The number of rotatable bonds is 2. The van der Waals surface area contributed by atoms with E-state index >= 15 is 0 Å². The van der Waals surface area contributed by atoms with Crippen molar-refractivity contribution in [2.24, 2.45) is 0 Å². The molecule has 2 aromatic rings. The molecule has 2 heterocycles. The third-order valence-corrected chi connectivity index (χ3v) is 4.48. The van der Waals surface area contributed by atoms with Crippen molar-refractivity contribution >= 4 is 17.2 Å². The molecule has 0 saturated carbocycles. The van der Waals surface area contributed by atoms with E-state index in [1.165, 1.54) is 16.5 Å². The van der Waals surface area contributed by atoms with E-state index < -0.39 is 0 Å². The molecule has 1 aliphatic rings. The first-order chi connectivity index (χ1) is 9.24. The van der Waals surface area contributed by atoms with Crippen molar-refractivity contribution in [3.8, 4) is 0 Å². The van der Waals surface area contributed by atoms with E-state index in [4.69, 9.17) is 0 Å². The van der Waals surface area contributed by atoms with Crippen LogP contribution in [0.3, 0.4) is 0 Å². The molecule has 1 aromatic heterocycles. The molecular weight excluding hydrogens is 261 g/mol. The van der Waals surface area contributed by atoms with Crippen LogP contribution in [0.1, 0.15) is 16.0 Å². The summed E-state index contributed by atoms with van der Waals surface area (Å²) in [5, 5.41) is 2.06. The van der Waals surface area contributed by atoms with Crippen LogP contribution in [-0.4, -0.2) is 17.4 Å². The molecule has 1 amide bonds. The van der Waals surface area contributed by atoms with Crippen LogP contribution in [0.15, 0.2) is 35.7 Å². The number of halogens is 1. The molecule has 0 atom stereocenters. The van der Waals surface area contributed by atoms with Crippen molar-refractivity contribution < 1.29 is 9.18 Å². The number of hydrogen-bond acceptors (Lipinski definition) is 2. The summed E-state index contributed by atoms with van der Waals surface area (Å²) in [5.41, 5.74) is 1.71. The number of nitrogens with zero attached hydrogens (tertiary/aromatic N) is 1. The molecule has 0 spiro atoms. The van der Waals surface area contributed by atoms with Gasteiger partial charge in [-0.05, 0) is 35.1 Å². The highest BCUT2D eigenvalue weighted by Gasteiger charge is 2.22. The van der Waals surface area contributed by atoms with E-state index in [2.05, 4.69) is 11.4 Å². The summed E-state index contributed by atoms with van der Waals surface area (Å²) in [7, 11) is 0. The lowest BCUT2D eigenvalue weighted by molar-refractivity contribution is -0.131. The lowest BCUT2D eigenvalue weighted by Gasteiger charge is -2.27. The Bertz CT molecular complexity index is 608. The Labute approximate surface area is 115 Å². The summed E-state index contributed by atoms with van der Waals surface area (Å²) in [6.07, 6.45) is 1.06. The third-order valence-electron chi connectivity index (χ3n) is 3.46. The van der Waals surface area contributed by atoms with Crippen molar-refractivity contribution in [2.75, 3.05) is 6.54 Å². The first kappa shape index (κ1) is 12.4. The summed E-state index contributed by atoms with van der Waals surface area (Å²) in [6.45, 7) is 1.40. The Morgan fingerprint density at radius 3 is 3.00 bits per heavy atom. The SMILES string of the molecule is O=C(Cc1ccccc1F)N1CCc2sccc2C1. The van der Waals surface area contributed by atoms with E-state index in [-0.39, 0.29) is 18.1 Å². The maximum Gasteiger partial charge on any atom is 0.227 e. The maximum absolute atomic E-state index is 13.5. The Kier molecular flexibility index (Phi) is 3.34. The zero-order chi connectivity index (χ0) is 13.2. The van der Waals surface area contributed by atoms with Gasteiger partial charge in [0, 0.05) is 18.0 Å². The molecule has 19 heavy (non-hydrogen) atoms. The zero-order valence-electron chi connectivity index (χ0n) is 10.4. The van der Waals surface area contributed by atoms with Crippen molar-refractivity contribution in [3.05, 3.63) is 57.5 Å². The molecule has 98 valence electrons. The Morgan fingerprint density at radius 1 is 1.32 bits per heavy atom. The van der Waals surface area contributed by atoms with Crippen molar-refractivity contribution in [1.82, 2.24) is 4.90 Å². The maximum atomic E-state index is 13.5. The van der Waals surface area contributed by atoms with E-state index in [0.29, 0.717) is 12.1 Å². The van der Waals surface area contributed by atoms with E-state index in [1.54, 1.807) is 29.5 Å². The number of carbonyl (C=O) groups is 1. The monoisotopic (exact) mass is 275 g/mol. The van der Waals surface area contributed by atoms with Crippen LogP contribution in [0.5, 0.6) is 0 Å². The number of hydrogen-bond donors (Lipinski definition) is 0. The topological polar surface area (TPSA) is 20.3 Å². The molecule has 0 bridgehead atoms. The van der Waals surface area contributed by atoms with Crippen molar-refractivity contribution in [2.45, 2.75) is 19.4 Å². The summed E-state index contributed by atoms with van der Waals surface area (Å²) in [5.74, 6) is -0.300. The number of benzene rings is 1. The van der Waals surface area contributed by atoms with Gasteiger partial charge in [0.25, 0.3) is 0 Å². The highest BCUT2D eigenvalue weighted by atomic mass is 32.1. The van der Waals surface area contributed by atoms with Crippen LogP contribution < -0.4 is 0 Å². The van der Waals surface area contributed by atoms with Gasteiger partial charge in [0.2, 0.25) is 5.91 Å². The zero-order valence-corrected chi connectivity index (χ0v) is 11.3. The molecule has 2 nitrogen and oxygen atoms in total. The van der Waals surface area contributed by atoms with E-state index in [0.717, 1.165) is 13.0 Å². The van der Waals surface area contributed by atoms with E-state index in [1.807, 2.05) is 4.90 Å². The van der Waals surface area contributed by atoms with Gasteiger partial charge in [0.1, 0.15) is 5.82 Å². The lowest BCUT2D eigenvalue weighted by atomic mass is 10.1. The molecule has 0 fully saturated rings. The fraction of sp³-hybridized carbons (Fsp3) is 0.267. The van der Waals surface area contributed by atoms with Crippen LogP contribution in [-0.2, 0) is 24.2 Å². The molecular formula is C15H14FNOS. The minimum Gasteiger partial charge on any atom is -0.338 e. The number of thiophene rings is 1. The molecule has 0 aliphatic carbocycles. The Morgan fingerprint density at radius 2 is 2.16 bits per heavy atom. The molecule has 1 aliphatic heterocycles. The van der Waals surface area contributed by atoms with Gasteiger partial charge in [-0.3, -0.25) is 4.79 Å². The van der Waals surface area contributed by atoms with Crippen LogP contribution in [0, 0.1) is 5.82 Å². The number of carbonyl (C=O) groups excluding carboxylic acids is 1. The van der Waals surface area contributed by atoms with Crippen LogP contribution in [0.4, 0.5) is 4.39 Å². The average molecular weight is 275 g/mol. The van der Waals surface area contributed by atoms with E-state index in [9.17, 15) is 9.18 Å². The lowest BCUT2D eigenvalue weighted by Crippen LogP contribution is -2.36. The summed E-state index contributed by atoms with van der Waals surface area (Å²) < 4.78 is 13.5. The van der Waals surface area contributed by atoms with Gasteiger partial charge in [-0.15, -0.1) is 11.3 Å². The molecule has 0 N–H and O–H groups in total. The van der Waals surface area contributed by atoms with Crippen LogP contribution >= 0.6 is 11.3 Å². The Hall–Kier alpha value is -1.68. The Balaban J connectivity index is 1.71.